The number of unbranched alkanes of at least 4 members (excludes halogenated alkanes) is 6. The number of ether oxygens (including phenoxy) is 2. The molecule has 0 bridgehead atoms. The summed E-state index contributed by atoms with van der Waals surface area (Å²) in [5.41, 5.74) is 6.82. The predicted molar refractivity (Wildman–Crippen MR) is 122 cm³/mol. The molecule has 1 aromatic rings. The molecule has 0 amide bonds. The average Bonchev–Trinajstić information content (AvgIpc) is 2.79. The summed E-state index contributed by atoms with van der Waals surface area (Å²) < 4.78 is 11.0. The van der Waals surface area contributed by atoms with E-state index in [-0.39, 0.29) is 12.4 Å². The van der Waals surface area contributed by atoms with Crippen molar-refractivity contribution in [3.05, 3.63) is 42.3 Å². The Morgan fingerprint density at radius 2 is 1.65 bits per heavy atom. The van der Waals surface area contributed by atoms with E-state index in [1.54, 1.807) is 11.1 Å². The number of para-hydroxylation sites is 1. The molecular weight excluding hydrogens is 394 g/mol. The molecule has 0 aromatic heterocycles. The number of carbonyl (C=O) groups is 2. The summed E-state index contributed by atoms with van der Waals surface area (Å²) >= 11 is 0. The maximum absolute atomic E-state index is 12.7. The number of nitrogens with zero attached hydrogens (tertiary/aromatic N) is 2. The van der Waals surface area contributed by atoms with Gasteiger partial charge >= 0.3 is 5.97 Å². The Morgan fingerprint density at radius 1 is 0.968 bits per heavy atom. The Balaban J connectivity index is 2.00. The highest BCUT2D eigenvalue weighted by Crippen LogP contribution is 2.26. The fourth-order valence-electron chi connectivity index (χ4n) is 3.17. The molecule has 1 aromatic carbocycles. The van der Waals surface area contributed by atoms with Crippen LogP contribution < -0.4 is 10.7 Å². The number of hydrogen-bond donors (Lipinski definition) is 1. The van der Waals surface area contributed by atoms with Crippen molar-refractivity contribution in [2.75, 3.05) is 18.2 Å². The fourth-order valence-corrected chi connectivity index (χ4v) is 3.17. The molecule has 1 atom stereocenters. The molecular formula is C24H35N3O4. The highest BCUT2D eigenvalue weighted by molar-refractivity contribution is 6.39. The highest BCUT2D eigenvalue weighted by Gasteiger charge is 2.34. The molecule has 0 aliphatic carbocycles. The number of benzene rings is 1. The van der Waals surface area contributed by atoms with E-state index in [1.165, 1.54) is 19.3 Å². The molecule has 31 heavy (non-hydrogen) atoms. The zero-order valence-corrected chi connectivity index (χ0v) is 18.7. The first-order valence-corrected chi connectivity index (χ1v) is 11.3. The zero-order valence-electron chi connectivity index (χ0n) is 18.7. The van der Waals surface area contributed by atoms with Gasteiger partial charge in [-0.3, -0.25) is 4.79 Å². The zero-order chi connectivity index (χ0) is 22.5. The van der Waals surface area contributed by atoms with Gasteiger partial charge in [-0.2, -0.15) is 10.1 Å². The van der Waals surface area contributed by atoms with Gasteiger partial charge < -0.3 is 15.2 Å². The summed E-state index contributed by atoms with van der Waals surface area (Å²) in [5.74, 6) is -2.18. The van der Waals surface area contributed by atoms with Crippen LogP contribution in [0, 0.1) is 5.92 Å². The number of carbonyl (C=O) groups excluding carboxylic acids is 2. The molecule has 0 saturated carbocycles. The minimum Gasteiger partial charge on any atom is -0.478 e. The van der Waals surface area contributed by atoms with Crippen molar-refractivity contribution in [2.45, 2.75) is 65.2 Å². The number of anilines is 1. The molecule has 1 aliphatic rings. The number of Topliss-reactive ketones (excluding diaryl/α,β-unsaturated/α-hetero) is 1. The Labute approximate surface area is 185 Å². The van der Waals surface area contributed by atoms with Crippen LogP contribution in [0.2, 0.25) is 0 Å². The van der Waals surface area contributed by atoms with Crippen LogP contribution in [0.4, 0.5) is 5.69 Å². The monoisotopic (exact) mass is 429 g/mol. The molecule has 1 heterocycles. The van der Waals surface area contributed by atoms with Crippen molar-refractivity contribution >= 4 is 23.3 Å². The van der Waals surface area contributed by atoms with E-state index >= 15 is 0 Å². The SMILES string of the molecule is CCCCCCCCOC(=O)C(=O)C1C=C(OCCCC)N(c2ccccc2)N=C1N. The summed E-state index contributed by atoms with van der Waals surface area (Å²) in [6, 6.07) is 9.38. The first kappa shape index (κ1) is 24.4. The van der Waals surface area contributed by atoms with E-state index in [1.807, 2.05) is 30.3 Å². The van der Waals surface area contributed by atoms with Gasteiger partial charge in [-0.05, 0) is 31.1 Å². The predicted octanol–water partition coefficient (Wildman–Crippen LogP) is 4.53. The smallest absolute Gasteiger partial charge is 0.375 e. The molecule has 1 aliphatic heterocycles. The van der Waals surface area contributed by atoms with Crippen molar-refractivity contribution in [3.8, 4) is 0 Å². The van der Waals surface area contributed by atoms with E-state index in [9.17, 15) is 9.59 Å². The van der Waals surface area contributed by atoms with Gasteiger partial charge in [0.1, 0.15) is 11.8 Å². The second kappa shape index (κ2) is 13.5. The standard InChI is InChI=1S/C24H35N3O4/c1-3-5-7-8-9-13-17-31-24(29)22(28)20-18-21(30-16-6-4-2)27(26-23(20)25)19-14-11-10-12-15-19/h10-12,14-15,18,20H,3-9,13,16-17H2,1-2H3,(H2,25,26). The minimum atomic E-state index is -0.992. The molecule has 2 rings (SSSR count). The molecule has 0 spiro atoms. The maximum Gasteiger partial charge on any atom is 0.375 e. The number of hydrazone groups is 1. The maximum atomic E-state index is 12.7. The third-order valence-corrected chi connectivity index (χ3v) is 5.02. The van der Waals surface area contributed by atoms with Crippen molar-refractivity contribution in [2.24, 2.45) is 16.8 Å². The Hall–Kier alpha value is -2.83. The first-order valence-electron chi connectivity index (χ1n) is 11.3. The number of hydrogen-bond acceptors (Lipinski definition) is 7. The van der Waals surface area contributed by atoms with Gasteiger partial charge in [0.2, 0.25) is 5.88 Å². The number of rotatable bonds is 14. The summed E-state index contributed by atoms with van der Waals surface area (Å²) in [7, 11) is 0. The lowest BCUT2D eigenvalue weighted by molar-refractivity contribution is -0.154. The van der Waals surface area contributed by atoms with E-state index in [4.69, 9.17) is 15.2 Å². The van der Waals surface area contributed by atoms with E-state index in [0.29, 0.717) is 12.5 Å². The lowest BCUT2D eigenvalue weighted by atomic mass is 10.0. The van der Waals surface area contributed by atoms with Crippen LogP contribution in [0.3, 0.4) is 0 Å². The Bertz CT molecular complexity index is 761. The van der Waals surface area contributed by atoms with Gasteiger partial charge in [-0.25, -0.2) is 4.79 Å². The van der Waals surface area contributed by atoms with E-state index in [0.717, 1.165) is 37.8 Å². The Kier molecular flexibility index (Phi) is 10.6. The van der Waals surface area contributed by atoms with Crippen LogP contribution in [0.1, 0.15) is 65.2 Å². The lowest BCUT2D eigenvalue weighted by Gasteiger charge is -2.28. The number of ketones is 1. The van der Waals surface area contributed by atoms with Crippen molar-refractivity contribution in [1.29, 1.82) is 0 Å². The van der Waals surface area contributed by atoms with Crippen molar-refractivity contribution < 1.29 is 19.1 Å². The van der Waals surface area contributed by atoms with Crippen LogP contribution in [-0.2, 0) is 19.1 Å². The topological polar surface area (TPSA) is 94.2 Å². The summed E-state index contributed by atoms with van der Waals surface area (Å²) in [6.07, 6.45) is 9.81. The molecule has 7 nitrogen and oxygen atoms in total. The highest BCUT2D eigenvalue weighted by atomic mass is 16.5. The van der Waals surface area contributed by atoms with Gasteiger partial charge in [-0.1, -0.05) is 70.6 Å². The van der Waals surface area contributed by atoms with Gasteiger partial charge in [-0.15, -0.1) is 0 Å². The quantitative estimate of drug-likeness (QED) is 0.265. The van der Waals surface area contributed by atoms with Crippen molar-refractivity contribution in [1.82, 2.24) is 0 Å². The Morgan fingerprint density at radius 3 is 2.35 bits per heavy atom. The van der Waals surface area contributed by atoms with Gasteiger partial charge in [0.25, 0.3) is 5.78 Å². The fraction of sp³-hybridized carbons (Fsp3) is 0.542. The lowest BCUT2D eigenvalue weighted by Crippen LogP contribution is -2.40. The number of amidine groups is 1. The summed E-state index contributed by atoms with van der Waals surface area (Å²) in [6.45, 7) is 4.95. The molecule has 0 saturated heterocycles. The third kappa shape index (κ3) is 7.74. The van der Waals surface area contributed by atoms with Gasteiger partial charge in [0.15, 0.2) is 0 Å². The molecule has 0 radical (unpaired) electrons. The second-order valence-corrected chi connectivity index (χ2v) is 7.62. The summed E-state index contributed by atoms with van der Waals surface area (Å²) in [5, 5.41) is 5.89. The third-order valence-electron chi connectivity index (χ3n) is 5.02. The molecule has 170 valence electrons. The molecule has 0 fully saturated rings. The minimum absolute atomic E-state index is 0.0354. The van der Waals surface area contributed by atoms with Crippen LogP contribution in [-0.4, -0.2) is 30.8 Å². The molecule has 2 N–H and O–H groups in total. The van der Waals surface area contributed by atoms with Gasteiger partial charge in [0, 0.05) is 0 Å². The summed E-state index contributed by atoms with van der Waals surface area (Å²) in [4.78, 5) is 25.0. The molecule has 7 heteroatoms. The largest absolute Gasteiger partial charge is 0.478 e. The van der Waals surface area contributed by atoms with Crippen LogP contribution in [0.25, 0.3) is 0 Å². The van der Waals surface area contributed by atoms with E-state index in [2.05, 4.69) is 18.9 Å². The normalized spacial score (nSPS) is 15.8. The average molecular weight is 430 g/mol. The van der Waals surface area contributed by atoms with Crippen LogP contribution >= 0.6 is 0 Å². The van der Waals surface area contributed by atoms with Crippen LogP contribution in [0.15, 0.2) is 47.4 Å². The van der Waals surface area contributed by atoms with Crippen molar-refractivity contribution in [3.63, 3.8) is 0 Å². The first-order chi connectivity index (χ1) is 15.1. The second-order valence-electron chi connectivity index (χ2n) is 7.62. The number of esters is 1. The van der Waals surface area contributed by atoms with Crippen LogP contribution in [0.5, 0.6) is 0 Å². The molecule has 1 unspecified atom stereocenters. The van der Waals surface area contributed by atoms with E-state index < -0.39 is 17.7 Å². The number of nitrogens with two attached hydrogens (primary N) is 1. The van der Waals surface area contributed by atoms with Gasteiger partial charge in [0.05, 0.1) is 18.9 Å².